The number of rotatable bonds is 11. The second kappa shape index (κ2) is 11.8. The van der Waals surface area contributed by atoms with Crippen LogP contribution in [0.15, 0.2) is 48.5 Å². The Hall–Kier alpha value is -3.48. The lowest BCUT2D eigenvalue weighted by atomic mass is 10.1. The first kappa shape index (κ1) is 26.1. The molecular weight excluding hydrogens is 442 g/mol. The Morgan fingerprint density at radius 1 is 0.943 bits per heavy atom. The molecule has 7 nitrogen and oxygen atoms in total. The van der Waals surface area contributed by atoms with Crippen LogP contribution >= 0.6 is 0 Å². The quantitative estimate of drug-likeness (QED) is 0.494. The molecule has 1 aliphatic rings. The first-order chi connectivity index (χ1) is 16.8. The van der Waals surface area contributed by atoms with Crippen molar-refractivity contribution < 1.29 is 19.2 Å². The maximum absolute atomic E-state index is 13.4. The standard InChI is InChI=1S/C28H35N3O4/c1-5-20(4)29-26(33)24(6-2)31(18-21-15-13-19(3)14-16-21)25(32)12-9-17-30-27(34)22-10-7-8-11-23(22)28(30)35/h7-8,10-11,13-16,20,24H,5-6,9,12,17-18H2,1-4H3,(H,29,33)/t20-,24-/m0/s1. The van der Waals surface area contributed by atoms with Crippen molar-refractivity contribution in [3.63, 3.8) is 0 Å². The van der Waals surface area contributed by atoms with Crippen LogP contribution in [0.25, 0.3) is 0 Å². The predicted octanol–water partition coefficient (Wildman–Crippen LogP) is 4.09. The molecule has 2 aromatic rings. The fourth-order valence-corrected chi connectivity index (χ4v) is 4.23. The van der Waals surface area contributed by atoms with Gasteiger partial charge in [-0.05, 0) is 50.8 Å². The van der Waals surface area contributed by atoms with E-state index in [4.69, 9.17) is 0 Å². The number of nitrogens with one attached hydrogen (secondary N) is 1. The molecule has 0 aliphatic carbocycles. The summed E-state index contributed by atoms with van der Waals surface area (Å²) in [5, 5.41) is 3.00. The number of imide groups is 1. The Morgan fingerprint density at radius 2 is 1.54 bits per heavy atom. The number of hydrogen-bond acceptors (Lipinski definition) is 4. The molecular formula is C28H35N3O4. The van der Waals surface area contributed by atoms with Crippen LogP contribution in [0.1, 0.15) is 78.3 Å². The van der Waals surface area contributed by atoms with Gasteiger partial charge in [-0.1, -0.05) is 55.8 Å². The summed E-state index contributed by atoms with van der Waals surface area (Å²) >= 11 is 0. The van der Waals surface area contributed by atoms with Gasteiger partial charge in [-0.15, -0.1) is 0 Å². The Bertz CT molecular complexity index is 1040. The van der Waals surface area contributed by atoms with Crippen LogP contribution in [0.2, 0.25) is 0 Å². The normalized spacial score (nSPS) is 14.5. The highest BCUT2D eigenvalue weighted by Gasteiger charge is 2.35. The molecule has 0 radical (unpaired) electrons. The van der Waals surface area contributed by atoms with Crippen molar-refractivity contribution in [2.75, 3.05) is 6.54 Å². The number of amides is 4. The van der Waals surface area contributed by atoms with Crippen LogP contribution in [0.5, 0.6) is 0 Å². The molecule has 1 heterocycles. The molecule has 4 amide bonds. The molecule has 1 N–H and O–H groups in total. The zero-order valence-electron chi connectivity index (χ0n) is 21.0. The van der Waals surface area contributed by atoms with Crippen LogP contribution in [0.4, 0.5) is 0 Å². The van der Waals surface area contributed by atoms with E-state index in [-0.39, 0.29) is 42.6 Å². The van der Waals surface area contributed by atoms with Crippen molar-refractivity contribution in [3.8, 4) is 0 Å². The van der Waals surface area contributed by atoms with Gasteiger partial charge >= 0.3 is 0 Å². The average Bonchev–Trinajstić information content (AvgIpc) is 3.09. The third-order valence-electron chi connectivity index (χ3n) is 6.51. The van der Waals surface area contributed by atoms with Crippen LogP contribution in [0.3, 0.4) is 0 Å². The van der Waals surface area contributed by atoms with Crippen molar-refractivity contribution >= 4 is 23.6 Å². The van der Waals surface area contributed by atoms with Crippen LogP contribution in [0, 0.1) is 6.92 Å². The van der Waals surface area contributed by atoms with Gasteiger partial charge in [0.15, 0.2) is 0 Å². The van der Waals surface area contributed by atoms with Gasteiger partial charge in [-0.25, -0.2) is 0 Å². The Morgan fingerprint density at radius 3 is 2.09 bits per heavy atom. The highest BCUT2D eigenvalue weighted by atomic mass is 16.2. The first-order valence-corrected chi connectivity index (χ1v) is 12.4. The topological polar surface area (TPSA) is 86.8 Å². The summed E-state index contributed by atoms with van der Waals surface area (Å²) in [5.41, 5.74) is 2.86. The average molecular weight is 478 g/mol. The second-order valence-corrected chi connectivity index (χ2v) is 9.16. The van der Waals surface area contributed by atoms with Crippen molar-refractivity contribution in [2.24, 2.45) is 0 Å². The van der Waals surface area contributed by atoms with E-state index in [0.29, 0.717) is 30.5 Å². The van der Waals surface area contributed by atoms with E-state index in [1.54, 1.807) is 29.2 Å². The summed E-state index contributed by atoms with van der Waals surface area (Å²) in [5.74, 6) is -0.987. The number of fused-ring (bicyclic) bond motifs is 1. The van der Waals surface area contributed by atoms with E-state index < -0.39 is 6.04 Å². The zero-order chi connectivity index (χ0) is 25.5. The van der Waals surface area contributed by atoms with E-state index in [0.717, 1.165) is 17.5 Å². The molecule has 0 saturated heterocycles. The fraction of sp³-hybridized carbons (Fsp3) is 0.429. The molecule has 7 heteroatoms. The predicted molar refractivity (Wildman–Crippen MR) is 135 cm³/mol. The van der Waals surface area contributed by atoms with Gasteiger partial charge in [0.25, 0.3) is 11.8 Å². The van der Waals surface area contributed by atoms with Crippen molar-refractivity contribution in [1.29, 1.82) is 0 Å². The van der Waals surface area contributed by atoms with Gasteiger partial charge in [-0.3, -0.25) is 24.1 Å². The molecule has 0 spiro atoms. The maximum Gasteiger partial charge on any atom is 0.261 e. The van der Waals surface area contributed by atoms with Gasteiger partial charge < -0.3 is 10.2 Å². The molecule has 0 saturated carbocycles. The summed E-state index contributed by atoms with van der Waals surface area (Å²) in [7, 11) is 0. The van der Waals surface area contributed by atoms with Crippen LogP contribution < -0.4 is 5.32 Å². The van der Waals surface area contributed by atoms with Crippen LogP contribution in [-0.4, -0.2) is 52.1 Å². The van der Waals surface area contributed by atoms with E-state index >= 15 is 0 Å². The SMILES string of the molecule is CC[C@H](C)NC(=O)[C@H](CC)N(Cc1ccc(C)cc1)C(=O)CCCN1C(=O)c2ccccc2C1=O. The molecule has 2 atom stereocenters. The lowest BCUT2D eigenvalue weighted by Gasteiger charge is -2.31. The van der Waals surface area contributed by atoms with Gasteiger partial charge in [-0.2, -0.15) is 0 Å². The molecule has 186 valence electrons. The first-order valence-electron chi connectivity index (χ1n) is 12.4. The van der Waals surface area contributed by atoms with Gasteiger partial charge in [0, 0.05) is 25.6 Å². The second-order valence-electron chi connectivity index (χ2n) is 9.16. The lowest BCUT2D eigenvalue weighted by Crippen LogP contribution is -2.50. The third-order valence-corrected chi connectivity index (χ3v) is 6.51. The van der Waals surface area contributed by atoms with E-state index in [1.807, 2.05) is 52.0 Å². The van der Waals surface area contributed by atoms with E-state index in [9.17, 15) is 19.2 Å². The Kier molecular flexibility index (Phi) is 8.79. The van der Waals surface area contributed by atoms with Crippen molar-refractivity contribution in [3.05, 3.63) is 70.8 Å². The zero-order valence-corrected chi connectivity index (χ0v) is 21.0. The Labute approximate surface area is 207 Å². The molecule has 0 bridgehead atoms. The molecule has 1 aliphatic heterocycles. The minimum absolute atomic E-state index is 0.0155. The van der Waals surface area contributed by atoms with Gasteiger partial charge in [0.2, 0.25) is 11.8 Å². The molecule has 2 aromatic carbocycles. The molecule has 35 heavy (non-hydrogen) atoms. The lowest BCUT2D eigenvalue weighted by molar-refractivity contribution is -0.141. The van der Waals surface area contributed by atoms with Crippen molar-refractivity contribution in [2.45, 2.75) is 72.0 Å². The summed E-state index contributed by atoms with van der Waals surface area (Å²) in [6.07, 6.45) is 1.75. The van der Waals surface area contributed by atoms with Gasteiger partial charge in [0.1, 0.15) is 6.04 Å². The summed E-state index contributed by atoms with van der Waals surface area (Å²) in [6, 6.07) is 14.1. The van der Waals surface area contributed by atoms with E-state index in [1.165, 1.54) is 4.90 Å². The molecule has 3 rings (SSSR count). The maximum atomic E-state index is 13.4. The smallest absolute Gasteiger partial charge is 0.261 e. The molecule has 0 aromatic heterocycles. The minimum atomic E-state index is -0.600. The van der Waals surface area contributed by atoms with Crippen molar-refractivity contribution in [1.82, 2.24) is 15.1 Å². The summed E-state index contributed by atoms with van der Waals surface area (Å²) < 4.78 is 0. The highest BCUT2D eigenvalue weighted by Crippen LogP contribution is 2.23. The summed E-state index contributed by atoms with van der Waals surface area (Å²) in [6.45, 7) is 8.32. The third kappa shape index (κ3) is 6.15. The summed E-state index contributed by atoms with van der Waals surface area (Å²) in [4.78, 5) is 54.5. The fourth-order valence-electron chi connectivity index (χ4n) is 4.23. The van der Waals surface area contributed by atoms with Gasteiger partial charge in [0.05, 0.1) is 11.1 Å². The van der Waals surface area contributed by atoms with E-state index in [2.05, 4.69) is 5.32 Å². The number of hydrogen-bond donors (Lipinski definition) is 1. The highest BCUT2D eigenvalue weighted by molar-refractivity contribution is 6.21. The van der Waals surface area contributed by atoms with Crippen LogP contribution in [-0.2, 0) is 16.1 Å². The molecule has 0 fully saturated rings. The molecule has 0 unspecified atom stereocenters. The number of benzene rings is 2. The minimum Gasteiger partial charge on any atom is -0.352 e. The number of carbonyl (C=O) groups excluding carboxylic acids is 4. The number of nitrogens with zero attached hydrogens (tertiary/aromatic N) is 2. The number of carbonyl (C=O) groups is 4. The monoisotopic (exact) mass is 477 g/mol. The largest absolute Gasteiger partial charge is 0.352 e. The number of aryl methyl sites for hydroxylation is 1. The Balaban J connectivity index is 1.71.